The van der Waals surface area contributed by atoms with Crippen molar-refractivity contribution >= 4 is 40.6 Å². The molecule has 0 spiro atoms. The molecule has 0 aromatic heterocycles. The fourth-order valence-corrected chi connectivity index (χ4v) is 3.48. The summed E-state index contributed by atoms with van der Waals surface area (Å²) in [5.74, 6) is 0.880. The predicted octanol–water partition coefficient (Wildman–Crippen LogP) is 3.54. The van der Waals surface area contributed by atoms with Gasteiger partial charge in [0.2, 0.25) is 0 Å². The van der Waals surface area contributed by atoms with Crippen LogP contribution in [-0.2, 0) is 14.3 Å². The van der Waals surface area contributed by atoms with Gasteiger partial charge in [-0.2, -0.15) is 0 Å². The number of esters is 1. The minimum absolute atomic E-state index is 0.214. The summed E-state index contributed by atoms with van der Waals surface area (Å²) in [6.45, 7) is 1.80. The smallest absolute Gasteiger partial charge is 0.344 e. The third kappa shape index (κ3) is 6.02. The molecule has 162 valence electrons. The number of nitrogens with one attached hydrogen (secondary N) is 1. The highest BCUT2D eigenvalue weighted by atomic mass is 32.2. The summed E-state index contributed by atoms with van der Waals surface area (Å²) in [6.07, 6.45) is 1.73. The molecular weight excluding hydrogens is 420 g/mol. The second kappa shape index (κ2) is 10.5. The summed E-state index contributed by atoms with van der Waals surface area (Å²) in [7, 11) is 3.10. The van der Waals surface area contributed by atoms with Gasteiger partial charge in [-0.1, -0.05) is 6.07 Å². The molecule has 0 saturated carbocycles. The maximum absolute atomic E-state index is 12.3. The maximum atomic E-state index is 12.3. The van der Waals surface area contributed by atoms with Gasteiger partial charge in [0.1, 0.15) is 5.75 Å². The van der Waals surface area contributed by atoms with Crippen molar-refractivity contribution in [3.05, 3.63) is 52.9 Å². The van der Waals surface area contributed by atoms with Crippen molar-refractivity contribution < 1.29 is 28.5 Å². The summed E-state index contributed by atoms with van der Waals surface area (Å²) in [5.41, 5.74) is 1.44. The number of aliphatic imine (C=N–C) groups is 1. The van der Waals surface area contributed by atoms with E-state index in [1.807, 2.05) is 0 Å². The largest absolute Gasteiger partial charge is 0.497 e. The molecular formula is C22H22N2O6S. The highest BCUT2D eigenvalue weighted by molar-refractivity contribution is 8.18. The molecule has 1 saturated heterocycles. The molecule has 31 heavy (non-hydrogen) atoms. The Morgan fingerprint density at radius 3 is 2.55 bits per heavy atom. The average molecular weight is 442 g/mol. The number of amidine groups is 1. The molecule has 0 radical (unpaired) electrons. The third-order valence-corrected chi connectivity index (χ3v) is 5.00. The van der Waals surface area contributed by atoms with Gasteiger partial charge in [-0.15, -0.1) is 0 Å². The van der Waals surface area contributed by atoms with Crippen molar-refractivity contribution in [2.75, 3.05) is 27.4 Å². The lowest BCUT2D eigenvalue weighted by molar-refractivity contribution is -0.145. The number of carbonyl (C=O) groups excluding carboxylic acids is 2. The van der Waals surface area contributed by atoms with Gasteiger partial charge in [-0.3, -0.25) is 4.79 Å². The minimum Gasteiger partial charge on any atom is -0.497 e. The number of rotatable bonds is 8. The average Bonchev–Trinajstić information content (AvgIpc) is 3.11. The molecule has 1 N–H and O–H groups in total. The topological polar surface area (TPSA) is 95.5 Å². The van der Waals surface area contributed by atoms with Crippen molar-refractivity contribution in [3.63, 3.8) is 0 Å². The van der Waals surface area contributed by atoms with Crippen molar-refractivity contribution in [3.8, 4) is 17.2 Å². The zero-order chi connectivity index (χ0) is 22.2. The van der Waals surface area contributed by atoms with Crippen LogP contribution in [-0.4, -0.2) is 44.5 Å². The van der Waals surface area contributed by atoms with E-state index in [1.54, 1.807) is 62.6 Å². The first-order valence-corrected chi connectivity index (χ1v) is 10.2. The molecule has 1 aliphatic heterocycles. The highest BCUT2D eigenvalue weighted by Gasteiger charge is 2.24. The molecule has 1 aliphatic rings. The number of benzene rings is 2. The predicted molar refractivity (Wildman–Crippen MR) is 119 cm³/mol. The Kier molecular flexibility index (Phi) is 7.55. The van der Waals surface area contributed by atoms with Gasteiger partial charge in [-0.25, -0.2) is 9.79 Å². The van der Waals surface area contributed by atoms with Gasteiger partial charge in [-0.05, 0) is 66.7 Å². The third-order valence-electron chi connectivity index (χ3n) is 4.09. The summed E-state index contributed by atoms with van der Waals surface area (Å²) in [6, 6.07) is 12.4. The molecule has 1 heterocycles. The second-order valence-electron chi connectivity index (χ2n) is 6.18. The molecule has 8 nitrogen and oxygen atoms in total. The van der Waals surface area contributed by atoms with E-state index in [-0.39, 0.29) is 19.1 Å². The van der Waals surface area contributed by atoms with Gasteiger partial charge < -0.3 is 24.3 Å². The minimum atomic E-state index is -0.460. The van der Waals surface area contributed by atoms with Crippen molar-refractivity contribution in [2.24, 2.45) is 4.99 Å². The molecule has 2 aromatic rings. The SMILES string of the molecule is CCOC(=O)COc1ccc(/C=C2/SC(=Nc3ccc(OC)cc3)NC2=O)cc1OC. The van der Waals surface area contributed by atoms with E-state index in [0.29, 0.717) is 27.3 Å². The molecule has 0 bridgehead atoms. The van der Waals surface area contributed by atoms with Crippen LogP contribution in [0.5, 0.6) is 17.2 Å². The van der Waals surface area contributed by atoms with Gasteiger partial charge in [0.05, 0.1) is 31.4 Å². The Morgan fingerprint density at radius 1 is 1.10 bits per heavy atom. The summed E-state index contributed by atoms with van der Waals surface area (Å²) in [4.78, 5) is 28.7. The Bertz CT molecular complexity index is 1020. The summed E-state index contributed by atoms with van der Waals surface area (Å²) >= 11 is 1.24. The molecule has 1 amide bonds. The second-order valence-corrected chi connectivity index (χ2v) is 7.21. The Hall–Kier alpha value is -3.46. The fourth-order valence-electron chi connectivity index (χ4n) is 2.64. The van der Waals surface area contributed by atoms with E-state index in [0.717, 1.165) is 11.3 Å². The molecule has 9 heteroatoms. The van der Waals surface area contributed by atoms with E-state index in [1.165, 1.54) is 18.9 Å². The van der Waals surface area contributed by atoms with Crippen LogP contribution in [0, 0.1) is 0 Å². The first kappa shape index (κ1) is 22.2. The van der Waals surface area contributed by atoms with E-state index < -0.39 is 5.97 Å². The Morgan fingerprint density at radius 2 is 1.87 bits per heavy atom. The van der Waals surface area contributed by atoms with Crippen molar-refractivity contribution in [1.82, 2.24) is 5.32 Å². The Labute approximate surface area is 184 Å². The van der Waals surface area contributed by atoms with Crippen molar-refractivity contribution in [1.29, 1.82) is 0 Å². The van der Waals surface area contributed by atoms with Gasteiger partial charge >= 0.3 is 5.97 Å². The molecule has 1 fully saturated rings. The van der Waals surface area contributed by atoms with E-state index in [2.05, 4.69) is 10.3 Å². The van der Waals surface area contributed by atoms with Crippen LogP contribution in [0.2, 0.25) is 0 Å². The normalized spacial score (nSPS) is 15.6. The quantitative estimate of drug-likeness (QED) is 0.493. The fraction of sp³-hybridized carbons (Fsp3) is 0.227. The zero-order valence-electron chi connectivity index (χ0n) is 17.3. The molecule has 3 rings (SSSR count). The number of methoxy groups -OCH3 is 2. The number of carbonyl (C=O) groups is 2. The van der Waals surface area contributed by atoms with Crippen LogP contribution in [0.15, 0.2) is 52.4 Å². The van der Waals surface area contributed by atoms with E-state index in [9.17, 15) is 9.59 Å². The number of thioether (sulfide) groups is 1. The zero-order valence-corrected chi connectivity index (χ0v) is 18.2. The van der Waals surface area contributed by atoms with Crippen LogP contribution in [0.25, 0.3) is 6.08 Å². The summed E-state index contributed by atoms with van der Waals surface area (Å²) < 4.78 is 20.8. The lowest BCUT2D eigenvalue weighted by Crippen LogP contribution is -2.19. The highest BCUT2D eigenvalue weighted by Crippen LogP contribution is 2.32. The van der Waals surface area contributed by atoms with Gasteiger partial charge in [0.15, 0.2) is 23.3 Å². The van der Waals surface area contributed by atoms with Crippen LogP contribution in [0.4, 0.5) is 5.69 Å². The van der Waals surface area contributed by atoms with Crippen LogP contribution < -0.4 is 19.5 Å². The lowest BCUT2D eigenvalue weighted by atomic mass is 10.2. The standard InChI is InChI=1S/C22H22N2O6S/c1-4-29-20(25)13-30-17-10-5-14(11-18(17)28-3)12-19-21(26)24-22(31-19)23-15-6-8-16(27-2)9-7-15/h5-12H,4,13H2,1-3H3,(H,23,24,26)/b19-12+. The van der Waals surface area contributed by atoms with Gasteiger partial charge in [0, 0.05) is 0 Å². The number of hydrogen-bond acceptors (Lipinski definition) is 8. The van der Waals surface area contributed by atoms with Crippen LogP contribution >= 0.6 is 11.8 Å². The lowest BCUT2D eigenvalue weighted by Gasteiger charge is -2.11. The molecule has 0 unspecified atom stereocenters. The first-order valence-electron chi connectivity index (χ1n) is 9.42. The molecule has 2 aromatic carbocycles. The number of hydrogen-bond donors (Lipinski definition) is 1. The monoisotopic (exact) mass is 442 g/mol. The number of nitrogens with zero attached hydrogens (tertiary/aromatic N) is 1. The molecule has 0 atom stereocenters. The number of amides is 1. The van der Waals surface area contributed by atoms with E-state index in [4.69, 9.17) is 18.9 Å². The van der Waals surface area contributed by atoms with Crippen molar-refractivity contribution in [2.45, 2.75) is 6.92 Å². The summed E-state index contributed by atoms with van der Waals surface area (Å²) in [5, 5.41) is 3.24. The Balaban J connectivity index is 1.72. The van der Waals surface area contributed by atoms with Gasteiger partial charge in [0.25, 0.3) is 5.91 Å². The van der Waals surface area contributed by atoms with Crippen LogP contribution in [0.1, 0.15) is 12.5 Å². The van der Waals surface area contributed by atoms with Crippen LogP contribution in [0.3, 0.4) is 0 Å². The van der Waals surface area contributed by atoms with E-state index >= 15 is 0 Å². The maximum Gasteiger partial charge on any atom is 0.344 e. The first-order chi connectivity index (χ1) is 15.0. The number of ether oxygens (including phenoxy) is 4. The molecule has 0 aliphatic carbocycles.